The molecule has 0 aliphatic heterocycles. The fourth-order valence-electron chi connectivity index (χ4n) is 1.34. The molecule has 19 heavy (non-hydrogen) atoms. The van der Waals surface area contributed by atoms with Gasteiger partial charge in [-0.2, -0.15) is 0 Å². The van der Waals surface area contributed by atoms with Crippen molar-refractivity contribution in [3.8, 4) is 5.75 Å². The highest BCUT2D eigenvalue weighted by Gasteiger charge is 2.15. The van der Waals surface area contributed by atoms with Crippen LogP contribution in [0, 0.1) is 0 Å². The van der Waals surface area contributed by atoms with Gasteiger partial charge in [0.1, 0.15) is 12.3 Å². The van der Waals surface area contributed by atoms with Crippen molar-refractivity contribution in [3.63, 3.8) is 0 Å². The summed E-state index contributed by atoms with van der Waals surface area (Å²) in [5, 5.41) is 8.70. The van der Waals surface area contributed by atoms with E-state index < -0.39 is 11.9 Å². The quantitative estimate of drug-likeness (QED) is 0.777. The van der Waals surface area contributed by atoms with Gasteiger partial charge in [-0.05, 0) is 24.3 Å². The van der Waals surface area contributed by atoms with Crippen molar-refractivity contribution < 1.29 is 19.4 Å². The summed E-state index contributed by atoms with van der Waals surface area (Å²) in [5.74, 6) is -0.922. The van der Waals surface area contributed by atoms with E-state index in [2.05, 4.69) is 22.5 Å². The number of nitrogens with zero attached hydrogens (tertiary/aromatic N) is 1. The molecule has 0 bridgehead atoms. The third kappa shape index (κ3) is 5.56. The minimum absolute atomic E-state index is 0.175. The van der Waals surface area contributed by atoms with Crippen LogP contribution in [-0.2, 0) is 9.59 Å². The zero-order valence-corrected chi connectivity index (χ0v) is 11.8. The van der Waals surface area contributed by atoms with Crippen molar-refractivity contribution in [2.24, 2.45) is 0 Å². The van der Waals surface area contributed by atoms with Gasteiger partial charge in [0.05, 0.1) is 0 Å². The summed E-state index contributed by atoms with van der Waals surface area (Å²) >= 11 is 3.29. The van der Waals surface area contributed by atoms with Gasteiger partial charge in [0, 0.05) is 11.0 Å². The smallest absolute Gasteiger partial charge is 0.323 e. The van der Waals surface area contributed by atoms with E-state index in [0.717, 1.165) is 9.37 Å². The molecule has 0 fully saturated rings. The van der Waals surface area contributed by atoms with Gasteiger partial charge in [-0.3, -0.25) is 9.59 Å². The molecule has 0 aliphatic rings. The predicted molar refractivity (Wildman–Crippen MR) is 74.0 cm³/mol. The fourth-order valence-corrected chi connectivity index (χ4v) is 1.61. The maximum absolute atomic E-state index is 11.8. The third-order valence-corrected chi connectivity index (χ3v) is 2.73. The molecule has 0 spiro atoms. The van der Waals surface area contributed by atoms with Gasteiger partial charge in [-0.25, -0.2) is 0 Å². The van der Waals surface area contributed by atoms with E-state index in [0.29, 0.717) is 5.75 Å². The molecule has 1 amide bonds. The van der Waals surface area contributed by atoms with Crippen molar-refractivity contribution in [1.82, 2.24) is 4.90 Å². The second kappa shape index (κ2) is 7.58. The largest absolute Gasteiger partial charge is 0.484 e. The van der Waals surface area contributed by atoms with Gasteiger partial charge in [-0.1, -0.05) is 22.0 Å². The number of benzene rings is 1. The van der Waals surface area contributed by atoms with Gasteiger partial charge in [0.15, 0.2) is 6.61 Å². The number of rotatable bonds is 7. The molecule has 0 aliphatic carbocycles. The molecule has 1 aromatic rings. The number of carboxylic acid groups (broad SMARTS) is 1. The zero-order valence-electron chi connectivity index (χ0n) is 10.2. The van der Waals surface area contributed by atoms with Crippen LogP contribution in [0.2, 0.25) is 0 Å². The van der Waals surface area contributed by atoms with Crippen LogP contribution in [0.5, 0.6) is 5.75 Å². The van der Waals surface area contributed by atoms with Gasteiger partial charge >= 0.3 is 5.97 Å². The molecular weight excluding hydrogens is 314 g/mol. The SMILES string of the molecule is C=CCN(CC(=O)O)C(=O)COc1ccc(Br)cc1. The first-order chi connectivity index (χ1) is 9.02. The summed E-state index contributed by atoms with van der Waals surface area (Å²) in [7, 11) is 0. The van der Waals surface area contributed by atoms with Crippen LogP contribution in [0.3, 0.4) is 0 Å². The molecule has 5 nitrogen and oxygen atoms in total. The van der Waals surface area contributed by atoms with Crippen LogP contribution in [0.25, 0.3) is 0 Å². The average Bonchev–Trinajstić information content (AvgIpc) is 2.37. The molecule has 0 aromatic heterocycles. The van der Waals surface area contributed by atoms with E-state index in [1.807, 2.05) is 0 Å². The molecule has 0 radical (unpaired) electrons. The predicted octanol–water partition coefficient (Wildman–Crippen LogP) is 1.93. The first kappa shape index (κ1) is 15.2. The Hall–Kier alpha value is -1.82. The highest BCUT2D eigenvalue weighted by molar-refractivity contribution is 9.10. The normalized spacial score (nSPS) is 9.74. The summed E-state index contributed by atoms with van der Waals surface area (Å²) in [6.45, 7) is 3.09. The molecule has 0 saturated carbocycles. The number of aliphatic carboxylic acids is 1. The Bertz CT molecular complexity index is 458. The standard InChI is InChI=1S/C13H14BrNO4/c1-2-7-15(8-13(17)18)12(16)9-19-11-5-3-10(14)4-6-11/h2-6H,1,7-9H2,(H,17,18). The lowest BCUT2D eigenvalue weighted by atomic mass is 10.3. The molecule has 1 aromatic carbocycles. The van der Waals surface area contributed by atoms with Crippen LogP contribution in [0.4, 0.5) is 0 Å². The summed E-state index contributed by atoms with van der Waals surface area (Å²) in [4.78, 5) is 23.6. The highest BCUT2D eigenvalue weighted by Crippen LogP contribution is 2.16. The Morgan fingerprint density at radius 1 is 1.37 bits per heavy atom. The average molecular weight is 328 g/mol. The maximum atomic E-state index is 11.8. The van der Waals surface area contributed by atoms with Crippen LogP contribution in [0.1, 0.15) is 0 Å². The number of carbonyl (C=O) groups is 2. The Labute approximate surface area is 119 Å². The highest BCUT2D eigenvalue weighted by atomic mass is 79.9. The van der Waals surface area contributed by atoms with Crippen molar-refractivity contribution in [2.75, 3.05) is 19.7 Å². The van der Waals surface area contributed by atoms with E-state index in [4.69, 9.17) is 9.84 Å². The van der Waals surface area contributed by atoms with Gasteiger partial charge in [0.25, 0.3) is 5.91 Å². The van der Waals surface area contributed by atoms with Gasteiger partial charge in [-0.15, -0.1) is 6.58 Å². The van der Waals surface area contributed by atoms with Crippen LogP contribution in [0.15, 0.2) is 41.4 Å². The number of carboxylic acids is 1. The van der Waals surface area contributed by atoms with Gasteiger partial charge in [0.2, 0.25) is 0 Å². The van der Waals surface area contributed by atoms with E-state index >= 15 is 0 Å². The fraction of sp³-hybridized carbons (Fsp3) is 0.231. The Kier molecular flexibility index (Phi) is 6.08. The third-order valence-electron chi connectivity index (χ3n) is 2.20. The molecule has 0 heterocycles. The minimum Gasteiger partial charge on any atom is -0.484 e. The monoisotopic (exact) mass is 327 g/mol. The molecule has 102 valence electrons. The van der Waals surface area contributed by atoms with Crippen molar-refractivity contribution in [3.05, 3.63) is 41.4 Å². The first-order valence-corrected chi connectivity index (χ1v) is 6.31. The Morgan fingerprint density at radius 3 is 2.53 bits per heavy atom. The van der Waals surface area contributed by atoms with E-state index in [1.165, 1.54) is 6.08 Å². The molecule has 1 rings (SSSR count). The topological polar surface area (TPSA) is 66.8 Å². The number of hydrogen-bond donors (Lipinski definition) is 1. The minimum atomic E-state index is -1.07. The van der Waals surface area contributed by atoms with Crippen molar-refractivity contribution in [1.29, 1.82) is 0 Å². The van der Waals surface area contributed by atoms with E-state index in [1.54, 1.807) is 24.3 Å². The van der Waals surface area contributed by atoms with E-state index in [9.17, 15) is 9.59 Å². The molecule has 0 atom stereocenters. The first-order valence-electron chi connectivity index (χ1n) is 5.51. The zero-order chi connectivity index (χ0) is 14.3. The number of halogens is 1. The van der Waals surface area contributed by atoms with Gasteiger partial charge < -0.3 is 14.7 Å². The Morgan fingerprint density at radius 2 is 2.00 bits per heavy atom. The number of amides is 1. The van der Waals surface area contributed by atoms with Crippen LogP contribution >= 0.6 is 15.9 Å². The van der Waals surface area contributed by atoms with Crippen molar-refractivity contribution in [2.45, 2.75) is 0 Å². The molecule has 0 unspecified atom stereocenters. The molecule has 0 saturated heterocycles. The molecule has 1 N–H and O–H groups in total. The van der Waals surface area contributed by atoms with Crippen LogP contribution < -0.4 is 4.74 Å². The molecule has 6 heteroatoms. The number of carbonyl (C=O) groups excluding carboxylic acids is 1. The summed E-state index contributed by atoms with van der Waals surface area (Å²) < 4.78 is 6.20. The molecular formula is C13H14BrNO4. The second-order valence-corrected chi connectivity index (χ2v) is 4.61. The van der Waals surface area contributed by atoms with Crippen molar-refractivity contribution >= 4 is 27.8 Å². The van der Waals surface area contributed by atoms with Crippen LogP contribution in [-0.4, -0.2) is 41.6 Å². The lowest BCUT2D eigenvalue weighted by molar-refractivity contribution is -0.144. The number of hydrogen-bond acceptors (Lipinski definition) is 3. The second-order valence-electron chi connectivity index (χ2n) is 3.70. The maximum Gasteiger partial charge on any atom is 0.323 e. The number of ether oxygens (including phenoxy) is 1. The lowest BCUT2D eigenvalue weighted by Gasteiger charge is -2.18. The Balaban J connectivity index is 2.54. The lowest BCUT2D eigenvalue weighted by Crippen LogP contribution is -2.38. The summed E-state index contributed by atoms with van der Waals surface area (Å²) in [6.07, 6.45) is 1.47. The summed E-state index contributed by atoms with van der Waals surface area (Å²) in [6, 6.07) is 7.01. The summed E-state index contributed by atoms with van der Waals surface area (Å²) in [5.41, 5.74) is 0. The van der Waals surface area contributed by atoms with E-state index in [-0.39, 0.29) is 19.7 Å².